The quantitative estimate of drug-likeness (QED) is 0.496. The minimum absolute atomic E-state index is 0.376. The van der Waals surface area contributed by atoms with Crippen molar-refractivity contribution in [2.45, 2.75) is 25.1 Å². The Morgan fingerprint density at radius 1 is 1.05 bits per heavy atom. The van der Waals surface area contributed by atoms with Gasteiger partial charge in [0.15, 0.2) is 0 Å². The molecule has 0 nitrogen and oxygen atoms in total. The lowest BCUT2D eigenvalue weighted by molar-refractivity contribution is 0.958. The van der Waals surface area contributed by atoms with Crippen molar-refractivity contribution in [3.05, 3.63) is 70.1 Å². The van der Waals surface area contributed by atoms with E-state index in [4.69, 9.17) is 0 Å². The van der Waals surface area contributed by atoms with Gasteiger partial charge in [0.05, 0.1) is 0 Å². The van der Waals surface area contributed by atoms with Gasteiger partial charge < -0.3 is 0 Å². The van der Waals surface area contributed by atoms with Crippen LogP contribution in [-0.4, -0.2) is 0 Å². The molecule has 0 saturated heterocycles. The lowest BCUT2D eigenvalue weighted by atomic mass is 10.0. The Balaban J connectivity index is 1.89. The second-order valence-corrected chi connectivity index (χ2v) is 7.29. The van der Waals surface area contributed by atoms with Gasteiger partial charge in [0.2, 0.25) is 0 Å². The fraction of sp³-hybridized carbons (Fsp3) is 0.222. The van der Waals surface area contributed by atoms with Crippen LogP contribution in [0.4, 0.5) is 0 Å². The number of fused-ring (bicyclic) bond motifs is 1. The first-order valence-corrected chi connectivity index (χ1v) is 8.61. The molecule has 0 amide bonds. The number of aryl methyl sites for hydroxylation is 2. The number of thiophene rings is 1. The van der Waals surface area contributed by atoms with E-state index in [0.29, 0.717) is 4.83 Å². The Labute approximate surface area is 132 Å². The molecule has 102 valence electrons. The highest BCUT2D eigenvalue weighted by Crippen LogP contribution is 2.36. The van der Waals surface area contributed by atoms with Crippen LogP contribution in [0.25, 0.3) is 10.1 Å². The maximum atomic E-state index is 3.87. The summed E-state index contributed by atoms with van der Waals surface area (Å²) < 4.78 is 1.37. The normalized spacial score (nSPS) is 12.8. The molecule has 1 unspecified atom stereocenters. The summed E-state index contributed by atoms with van der Waals surface area (Å²) in [5.41, 5.74) is 5.53. The molecule has 20 heavy (non-hydrogen) atoms. The molecule has 0 spiro atoms. The second-order valence-electron chi connectivity index (χ2n) is 5.28. The number of hydrogen-bond donors (Lipinski definition) is 0. The highest BCUT2D eigenvalue weighted by Gasteiger charge is 2.13. The zero-order valence-corrected chi connectivity index (χ0v) is 14.1. The number of rotatable bonds is 3. The summed E-state index contributed by atoms with van der Waals surface area (Å²) in [6.45, 7) is 4.35. The molecule has 3 rings (SSSR count). The first-order chi connectivity index (χ1) is 9.65. The summed E-state index contributed by atoms with van der Waals surface area (Å²) in [5, 5.41) is 3.66. The van der Waals surface area contributed by atoms with Gasteiger partial charge in [-0.15, -0.1) is 11.3 Å². The van der Waals surface area contributed by atoms with Gasteiger partial charge in [-0.1, -0.05) is 52.3 Å². The summed E-state index contributed by atoms with van der Waals surface area (Å²) in [5.74, 6) is 0. The average Bonchev–Trinajstić information content (AvgIpc) is 2.87. The van der Waals surface area contributed by atoms with E-state index in [9.17, 15) is 0 Å². The molecule has 0 radical (unpaired) electrons. The highest BCUT2D eigenvalue weighted by atomic mass is 79.9. The molecule has 2 aromatic carbocycles. The predicted octanol–water partition coefficient (Wildman–Crippen LogP) is 6.20. The molecule has 3 aromatic rings. The van der Waals surface area contributed by atoms with Crippen molar-refractivity contribution >= 4 is 37.4 Å². The van der Waals surface area contributed by atoms with Crippen LogP contribution in [0.3, 0.4) is 0 Å². The molecule has 0 fully saturated rings. The van der Waals surface area contributed by atoms with E-state index in [-0.39, 0.29) is 0 Å². The zero-order chi connectivity index (χ0) is 14.1. The van der Waals surface area contributed by atoms with E-state index in [0.717, 1.165) is 6.42 Å². The van der Waals surface area contributed by atoms with E-state index < -0.39 is 0 Å². The van der Waals surface area contributed by atoms with E-state index in [1.807, 2.05) is 11.3 Å². The predicted molar refractivity (Wildman–Crippen MR) is 93.1 cm³/mol. The van der Waals surface area contributed by atoms with Crippen LogP contribution in [0, 0.1) is 13.8 Å². The molecule has 0 aliphatic carbocycles. The minimum atomic E-state index is 0.376. The standard InChI is InChI=1S/C18H17BrS/c1-12-7-8-14(9-13(12)2)10-17(19)16-11-20-18-6-4-3-5-15(16)18/h3-9,11,17H,10H2,1-2H3. The molecule has 0 N–H and O–H groups in total. The molecular weight excluding hydrogens is 328 g/mol. The maximum absolute atomic E-state index is 3.87. The van der Waals surface area contributed by atoms with E-state index in [1.54, 1.807) is 0 Å². The van der Waals surface area contributed by atoms with Crippen LogP contribution in [-0.2, 0) is 6.42 Å². The third kappa shape index (κ3) is 2.68. The summed E-state index contributed by atoms with van der Waals surface area (Å²) in [7, 11) is 0. The van der Waals surface area contributed by atoms with Crippen LogP contribution in [0.5, 0.6) is 0 Å². The van der Waals surface area contributed by atoms with Crippen molar-refractivity contribution in [1.29, 1.82) is 0 Å². The molecule has 0 saturated carbocycles. The molecule has 0 aliphatic heterocycles. The summed E-state index contributed by atoms with van der Waals surface area (Å²) in [6, 6.07) is 15.4. The minimum Gasteiger partial charge on any atom is -0.143 e. The highest BCUT2D eigenvalue weighted by molar-refractivity contribution is 9.09. The summed E-state index contributed by atoms with van der Waals surface area (Å²) >= 11 is 5.70. The van der Waals surface area contributed by atoms with Gasteiger partial charge in [-0.2, -0.15) is 0 Å². The van der Waals surface area contributed by atoms with Crippen LogP contribution < -0.4 is 0 Å². The Morgan fingerprint density at radius 2 is 1.85 bits per heavy atom. The Morgan fingerprint density at radius 3 is 2.65 bits per heavy atom. The van der Waals surface area contributed by atoms with Gasteiger partial charge in [-0.25, -0.2) is 0 Å². The zero-order valence-electron chi connectivity index (χ0n) is 11.7. The maximum Gasteiger partial charge on any atom is 0.0450 e. The van der Waals surface area contributed by atoms with Gasteiger partial charge in [-0.3, -0.25) is 0 Å². The van der Waals surface area contributed by atoms with Crippen molar-refractivity contribution in [2.24, 2.45) is 0 Å². The fourth-order valence-electron chi connectivity index (χ4n) is 2.49. The number of hydrogen-bond acceptors (Lipinski definition) is 1. The average molecular weight is 345 g/mol. The topological polar surface area (TPSA) is 0 Å². The largest absolute Gasteiger partial charge is 0.143 e. The van der Waals surface area contributed by atoms with Gasteiger partial charge in [0, 0.05) is 9.53 Å². The third-order valence-electron chi connectivity index (χ3n) is 3.83. The summed E-state index contributed by atoms with van der Waals surface area (Å²) in [6.07, 6.45) is 1.03. The van der Waals surface area contributed by atoms with E-state index in [2.05, 4.69) is 77.6 Å². The molecule has 1 aromatic heterocycles. The van der Waals surface area contributed by atoms with E-state index >= 15 is 0 Å². The molecule has 2 heteroatoms. The third-order valence-corrected chi connectivity index (χ3v) is 5.63. The smallest absolute Gasteiger partial charge is 0.0450 e. The Kier molecular flexibility index (Phi) is 3.95. The SMILES string of the molecule is Cc1ccc(CC(Br)c2csc3ccccc23)cc1C. The van der Waals surface area contributed by atoms with Gasteiger partial charge in [0.1, 0.15) is 0 Å². The van der Waals surface area contributed by atoms with Crippen LogP contribution >= 0.6 is 27.3 Å². The lowest BCUT2D eigenvalue weighted by Crippen LogP contribution is -1.95. The first-order valence-electron chi connectivity index (χ1n) is 6.81. The van der Waals surface area contributed by atoms with Crippen LogP contribution in [0.2, 0.25) is 0 Å². The molecule has 0 bridgehead atoms. The molecule has 0 aliphatic rings. The second kappa shape index (κ2) is 5.71. The van der Waals surface area contributed by atoms with Crippen molar-refractivity contribution in [3.8, 4) is 0 Å². The molecule has 1 atom stereocenters. The Hall–Kier alpha value is -1.12. The van der Waals surface area contributed by atoms with Crippen molar-refractivity contribution < 1.29 is 0 Å². The van der Waals surface area contributed by atoms with Gasteiger partial charge >= 0.3 is 0 Å². The van der Waals surface area contributed by atoms with Crippen molar-refractivity contribution in [2.75, 3.05) is 0 Å². The lowest BCUT2D eigenvalue weighted by Gasteiger charge is -2.11. The molecular formula is C18H17BrS. The van der Waals surface area contributed by atoms with Crippen LogP contribution in [0.1, 0.15) is 27.1 Å². The number of benzene rings is 2. The van der Waals surface area contributed by atoms with Gasteiger partial charge in [-0.05, 0) is 59.4 Å². The van der Waals surface area contributed by atoms with Gasteiger partial charge in [0.25, 0.3) is 0 Å². The fourth-order valence-corrected chi connectivity index (χ4v) is 4.43. The Bertz CT molecular complexity index is 742. The first kappa shape index (κ1) is 13.8. The monoisotopic (exact) mass is 344 g/mol. The van der Waals surface area contributed by atoms with Crippen LogP contribution in [0.15, 0.2) is 47.8 Å². The van der Waals surface area contributed by atoms with E-state index in [1.165, 1.54) is 32.3 Å². The van der Waals surface area contributed by atoms with Crippen molar-refractivity contribution in [3.63, 3.8) is 0 Å². The summed E-state index contributed by atoms with van der Waals surface area (Å²) in [4.78, 5) is 0.376. The number of halogens is 1. The van der Waals surface area contributed by atoms with Crippen molar-refractivity contribution in [1.82, 2.24) is 0 Å². The molecule has 1 heterocycles. The number of alkyl halides is 1.